The number of hydrogen-bond acceptors (Lipinski definition) is 5. The Balaban J connectivity index is 1.31. The minimum atomic E-state index is -0.0794. The van der Waals surface area contributed by atoms with E-state index in [-0.39, 0.29) is 11.8 Å². The molecule has 3 aromatic rings. The first-order valence-electron chi connectivity index (χ1n) is 10.6. The third kappa shape index (κ3) is 3.47. The van der Waals surface area contributed by atoms with Gasteiger partial charge in [0.2, 0.25) is 17.6 Å². The number of benzene rings is 2. The van der Waals surface area contributed by atoms with E-state index in [1.807, 2.05) is 23.1 Å². The summed E-state index contributed by atoms with van der Waals surface area (Å²) < 4.78 is 5.56. The van der Waals surface area contributed by atoms with Gasteiger partial charge in [-0.1, -0.05) is 11.2 Å². The van der Waals surface area contributed by atoms with Gasteiger partial charge < -0.3 is 14.3 Å². The SMILES string of the molecule is Cc1ccc(N2CC(c3nc(-c4ccc(N5CCCC5)cc4)no3)CC2=O)cc1C. The van der Waals surface area contributed by atoms with Gasteiger partial charge in [-0.3, -0.25) is 4.79 Å². The van der Waals surface area contributed by atoms with Crippen LogP contribution in [0.25, 0.3) is 11.4 Å². The molecular formula is C24H26N4O2. The molecule has 5 rings (SSSR count). The number of aromatic nitrogens is 2. The molecule has 0 bridgehead atoms. The summed E-state index contributed by atoms with van der Waals surface area (Å²) in [5.74, 6) is 1.13. The molecule has 0 saturated carbocycles. The number of carbonyl (C=O) groups excluding carboxylic acids is 1. The van der Waals surface area contributed by atoms with Crippen LogP contribution in [-0.4, -0.2) is 35.7 Å². The van der Waals surface area contributed by atoms with Crippen LogP contribution in [0.4, 0.5) is 11.4 Å². The van der Waals surface area contributed by atoms with Crippen molar-refractivity contribution in [3.8, 4) is 11.4 Å². The number of rotatable bonds is 4. The molecular weight excluding hydrogens is 376 g/mol. The van der Waals surface area contributed by atoms with Gasteiger partial charge in [0.25, 0.3) is 0 Å². The van der Waals surface area contributed by atoms with E-state index in [1.165, 1.54) is 29.7 Å². The van der Waals surface area contributed by atoms with Crippen LogP contribution < -0.4 is 9.80 Å². The van der Waals surface area contributed by atoms with Crippen LogP contribution in [0.15, 0.2) is 47.0 Å². The minimum absolute atomic E-state index is 0.0794. The topological polar surface area (TPSA) is 62.5 Å². The molecule has 6 nitrogen and oxygen atoms in total. The molecule has 6 heteroatoms. The highest BCUT2D eigenvalue weighted by atomic mass is 16.5. The zero-order valence-corrected chi connectivity index (χ0v) is 17.5. The maximum Gasteiger partial charge on any atom is 0.232 e. The number of carbonyl (C=O) groups is 1. The maximum absolute atomic E-state index is 12.6. The second-order valence-corrected chi connectivity index (χ2v) is 8.37. The molecule has 0 N–H and O–H groups in total. The molecule has 30 heavy (non-hydrogen) atoms. The van der Waals surface area contributed by atoms with E-state index in [4.69, 9.17) is 4.52 Å². The number of aryl methyl sites for hydroxylation is 2. The van der Waals surface area contributed by atoms with Gasteiger partial charge in [0.1, 0.15) is 0 Å². The lowest BCUT2D eigenvalue weighted by molar-refractivity contribution is -0.117. The summed E-state index contributed by atoms with van der Waals surface area (Å²) in [7, 11) is 0. The highest BCUT2D eigenvalue weighted by molar-refractivity contribution is 5.96. The first-order chi connectivity index (χ1) is 14.6. The summed E-state index contributed by atoms with van der Waals surface area (Å²) in [5.41, 5.74) is 5.51. The Kier molecular flexibility index (Phi) is 4.77. The molecule has 154 valence electrons. The number of hydrogen-bond donors (Lipinski definition) is 0. The summed E-state index contributed by atoms with van der Waals surface area (Å²) >= 11 is 0. The molecule has 2 fully saturated rings. The molecule has 1 aromatic heterocycles. The van der Waals surface area contributed by atoms with E-state index in [0.29, 0.717) is 24.7 Å². The van der Waals surface area contributed by atoms with E-state index in [1.54, 1.807) is 0 Å². The van der Waals surface area contributed by atoms with E-state index in [9.17, 15) is 4.79 Å². The molecule has 1 atom stereocenters. The Morgan fingerprint density at radius 3 is 2.43 bits per heavy atom. The summed E-state index contributed by atoms with van der Waals surface area (Å²) in [4.78, 5) is 21.5. The molecule has 2 aromatic carbocycles. The highest BCUT2D eigenvalue weighted by Gasteiger charge is 2.35. The van der Waals surface area contributed by atoms with Gasteiger partial charge in [-0.25, -0.2) is 0 Å². The second-order valence-electron chi connectivity index (χ2n) is 8.37. The molecule has 0 aliphatic carbocycles. The van der Waals surface area contributed by atoms with Crippen molar-refractivity contribution in [1.29, 1.82) is 0 Å². The Morgan fingerprint density at radius 2 is 1.70 bits per heavy atom. The van der Waals surface area contributed by atoms with Crippen LogP contribution in [0.1, 0.15) is 42.2 Å². The van der Waals surface area contributed by atoms with Crippen LogP contribution in [0.3, 0.4) is 0 Å². The summed E-state index contributed by atoms with van der Waals surface area (Å²) in [6, 6.07) is 14.5. The third-order valence-electron chi connectivity index (χ3n) is 6.31. The molecule has 3 heterocycles. The average Bonchev–Trinajstić information content (AvgIpc) is 3.51. The Morgan fingerprint density at radius 1 is 0.967 bits per heavy atom. The predicted octanol–water partition coefficient (Wildman–Crippen LogP) is 4.47. The third-order valence-corrected chi connectivity index (χ3v) is 6.31. The standard InChI is InChI=1S/C24H26N4O2/c1-16-5-8-21(13-17(16)2)28-15-19(14-22(28)29)24-25-23(26-30-24)18-6-9-20(10-7-18)27-11-3-4-12-27/h5-10,13,19H,3-4,11-12,14-15H2,1-2H3. The van der Waals surface area contributed by atoms with Crippen molar-refractivity contribution in [2.45, 2.75) is 39.0 Å². The highest BCUT2D eigenvalue weighted by Crippen LogP contribution is 2.33. The van der Waals surface area contributed by atoms with Crippen molar-refractivity contribution in [3.05, 3.63) is 59.5 Å². The lowest BCUT2D eigenvalue weighted by atomic mass is 10.1. The first kappa shape index (κ1) is 18.9. The monoisotopic (exact) mass is 402 g/mol. The van der Waals surface area contributed by atoms with Crippen LogP contribution >= 0.6 is 0 Å². The van der Waals surface area contributed by atoms with Gasteiger partial charge >= 0.3 is 0 Å². The maximum atomic E-state index is 12.6. The Bertz CT molecular complexity index is 1070. The molecule has 2 aliphatic rings. The summed E-state index contributed by atoms with van der Waals surface area (Å²) in [6.45, 7) is 6.95. The van der Waals surface area contributed by atoms with Crippen molar-refractivity contribution in [2.24, 2.45) is 0 Å². The zero-order valence-electron chi connectivity index (χ0n) is 17.5. The molecule has 1 unspecified atom stereocenters. The summed E-state index contributed by atoms with van der Waals surface area (Å²) in [6.07, 6.45) is 2.91. The van der Waals surface area contributed by atoms with Gasteiger partial charge in [0.05, 0.1) is 5.92 Å². The van der Waals surface area contributed by atoms with Gasteiger partial charge in [-0.15, -0.1) is 0 Å². The summed E-state index contributed by atoms with van der Waals surface area (Å²) in [5, 5.41) is 4.18. The smallest absolute Gasteiger partial charge is 0.232 e. The predicted molar refractivity (Wildman–Crippen MR) is 117 cm³/mol. The molecule has 2 saturated heterocycles. The van der Waals surface area contributed by atoms with Gasteiger partial charge in [-0.05, 0) is 74.2 Å². The van der Waals surface area contributed by atoms with Crippen LogP contribution in [-0.2, 0) is 4.79 Å². The molecule has 1 amide bonds. The fourth-order valence-electron chi connectivity index (χ4n) is 4.33. The zero-order chi connectivity index (χ0) is 20.7. The largest absolute Gasteiger partial charge is 0.372 e. The minimum Gasteiger partial charge on any atom is -0.372 e. The van der Waals surface area contributed by atoms with Crippen molar-refractivity contribution >= 4 is 17.3 Å². The van der Waals surface area contributed by atoms with E-state index in [2.05, 4.69) is 53.2 Å². The van der Waals surface area contributed by atoms with Crippen molar-refractivity contribution < 1.29 is 9.32 Å². The number of anilines is 2. The van der Waals surface area contributed by atoms with E-state index >= 15 is 0 Å². The first-order valence-corrected chi connectivity index (χ1v) is 10.6. The van der Waals surface area contributed by atoms with Crippen molar-refractivity contribution in [1.82, 2.24) is 10.1 Å². The molecule has 0 spiro atoms. The molecule has 0 radical (unpaired) electrons. The fourth-order valence-corrected chi connectivity index (χ4v) is 4.33. The normalized spacial score (nSPS) is 19.1. The quantitative estimate of drug-likeness (QED) is 0.644. The molecule has 2 aliphatic heterocycles. The van der Waals surface area contributed by atoms with Gasteiger partial charge in [0.15, 0.2) is 0 Å². The van der Waals surface area contributed by atoms with Crippen LogP contribution in [0.2, 0.25) is 0 Å². The lowest BCUT2D eigenvalue weighted by Gasteiger charge is -2.17. The van der Waals surface area contributed by atoms with Crippen molar-refractivity contribution in [3.63, 3.8) is 0 Å². The van der Waals surface area contributed by atoms with Gasteiger partial charge in [-0.2, -0.15) is 4.98 Å². The average molecular weight is 402 g/mol. The Hall–Kier alpha value is -3.15. The van der Waals surface area contributed by atoms with E-state index in [0.717, 1.165) is 24.3 Å². The Labute approximate surface area is 176 Å². The van der Waals surface area contributed by atoms with Crippen LogP contribution in [0, 0.1) is 13.8 Å². The second kappa shape index (κ2) is 7.59. The fraction of sp³-hybridized carbons (Fsp3) is 0.375. The van der Waals surface area contributed by atoms with Crippen molar-refractivity contribution in [2.75, 3.05) is 29.4 Å². The number of amides is 1. The number of nitrogens with zero attached hydrogens (tertiary/aromatic N) is 4. The lowest BCUT2D eigenvalue weighted by Crippen LogP contribution is -2.24. The van der Waals surface area contributed by atoms with Gasteiger partial charge in [0, 0.05) is 43.0 Å². The van der Waals surface area contributed by atoms with E-state index < -0.39 is 0 Å². The van der Waals surface area contributed by atoms with Crippen LogP contribution in [0.5, 0.6) is 0 Å².